The van der Waals surface area contributed by atoms with E-state index in [1.54, 1.807) is 11.3 Å². The Balaban J connectivity index is 2.29. The number of carbonyl (C=O) groups excluding carboxylic acids is 1. The third kappa shape index (κ3) is 3.89. The van der Waals surface area contributed by atoms with Crippen molar-refractivity contribution < 1.29 is 4.79 Å². The summed E-state index contributed by atoms with van der Waals surface area (Å²) >= 11 is 1.72. The summed E-state index contributed by atoms with van der Waals surface area (Å²) in [6.07, 6.45) is 0. The highest BCUT2D eigenvalue weighted by atomic mass is 32.1. The number of likely N-dealkylation sites (N-methyl/N-ethyl adjacent to an activating group) is 2. The summed E-state index contributed by atoms with van der Waals surface area (Å²) in [6, 6.07) is 4.11. The van der Waals surface area contributed by atoms with Gasteiger partial charge in [-0.15, -0.1) is 11.3 Å². The number of carbonyl (C=O) groups is 1. The maximum Gasteiger partial charge on any atom is 0.234 e. The standard InChI is InChI=1S/C10H16N2OS/c1-3-11-10(13)8-12(2)7-9-5-4-6-14-9/h4-6H,3,7-8H2,1-2H3,(H,11,13). The normalized spacial score (nSPS) is 10.5. The van der Waals surface area contributed by atoms with Crippen LogP contribution >= 0.6 is 11.3 Å². The van der Waals surface area contributed by atoms with E-state index >= 15 is 0 Å². The van der Waals surface area contributed by atoms with Crippen LogP contribution in [-0.2, 0) is 11.3 Å². The van der Waals surface area contributed by atoms with E-state index in [1.807, 2.05) is 24.9 Å². The van der Waals surface area contributed by atoms with Crippen LogP contribution in [0.2, 0.25) is 0 Å². The predicted octanol–water partition coefficient (Wildman–Crippen LogP) is 1.32. The molecule has 0 atom stereocenters. The third-order valence-corrected chi connectivity index (χ3v) is 2.65. The van der Waals surface area contributed by atoms with Gasteiger partial charge in [0.15, 0.2) is 0 Å². The summed E-state index contributed by atoms with van der Waals surface area (Å²) in [4.78, 5) is 14.5. The van der Waals surface area contributed by atoms with Gasteiger partial charge in [-0.25, -0.2) is 0 Å². The fourth-order valence-corrected chi connectivity index (χ4v) is 2.01. The second-order valence-corrected chi connectivity index (χ2v) is 4.24. The first-order chi connectivity index (χ1) is 6.72. The molecular formula is C10H16N2OS. The first-order valence-corrected chi connectivity index (χ1v) is 5.58. The molecule has 0 spiro atoms. The van der Waals surface area contributed by atoms with Gasteiger partial charge in [-0.3, -0.25) is 9.69 Å². The van der Waals surface area contributed by atoms with E-state index in [4.69, 9.17) is 0 Å². The molecular weight excluding hydrogens is 196 g/mol. The Morgan fingerprint density at radius 3 is 3.00 bits per heavy atom. The molecule has 0 radical (unpaired) electrons. The Morgan fingerprint density at radius 2 is 2.43 bits per heavy atom. The first kappa shape index (κ1) is 11.2. The smallest absolute Gasteiger partial charge is 0.234 e. The van der Waals surface area contributed by atoms with Crippen molar-refractivity contribution in [3.05, 3.63) is 22.4 Å². The van der Waals surface area contributed by atoms with Crippen molar-refractivity contribution in [3.8, 4) is 0 Å². The van der Waals surface area contributed by atoms with Crippen LogP contribution in [0.5, 0.6) is 0 Å². The molecule has 1 amide bonds. The van der Waals surface area contributed by atoms with Crippen LogP contribution < -0.4 is 5.32 Å². The minimum atomic E-state index is 0.0894. The number of nitrogens with zero attached hydrogens (tertiary/aromatic N) is 1. The predicted molar refractivity (Wildman–Crippen MR) is 59.3 cm³/mol. The fraction of sp³-hybridized carbons (Fsp3) is 0.500. The van der Waals surface area contributed by atoms with Crippen molar-refractivity contribution in [2.45, 2.75) is 13.5 Å². The maximum atomic E-state index is 11.2. The Kier molecular flexibility index (Phi) is 4.62. The molecule has 0 aromatic carbocycles. The van der Waals surface area contributed by atoms with Gasteiger partial charge in [-0.1, -0.05) is 6.07 Å². The molecule has 0 bridgehead atoms. The molecule has 1 heterocycles. The molecule has 4 heteroatoms. The zero-order chi connectivity index (χ0) is 10.4. The first-order valence-electron chi connectivity index (χ1n) is 4.70. The highest BCUT2D eigenvalue weighted by Gasteiger charge is 2.05. The van der Waals surface area contributed by atoms with Crippen molar-refractivity contribution in [1.82, 2.24) is 10.2 Å². The van der Waals surface area contributed by atoms with E-state index in [0.717, 1.165) is 6.54 Å². The molecule has 78 valence electrons. The Bertz CT molecular complexity index is 272. The van der Waals surface area contributed by atoms with Gasteiger partial charge in [0.2, 0.25) is 5.91 Å². The van der Waals surface area contributed by atoms with Gasteiger partial charge in [0.1, 0.15) is 0 Å². The van der Waals surface area contributed by atoms with Gasteiger partial charge in [-0.2, -0.15) is 0 Å². The van der Waals surface area contributed by atoms with Crippen molar-refractivity contribution in [3.63, 3.8) is 0 Å². The van der Waals surface area contributed by atoms with Gasteiger partial charge in [-0.05, 0) is 25.4 Å². The maximum absolute atomic E-state index is 11.2. The molecule has 1 aromatic heterocycles. The summed E-state index contributed by atoms with van der Waals surface area (Å²) in [5, 5.41) is 4.83. The minimum Gasteiger partial charge on any atom is -0.355 e. The number of hydrogen-bond donors (Lipinski definition) is 1. The fourth-order valence-electron chi connectivity index (χ4n) is 1.22. The molecule has 0 aliphatic rings. The molecule has 0 saturated heterocycles. The van der Waals surface area contributed by atoms with E-state index < -0.39 is 0 Å². The molecule has 14 heavy (non-hydrogen) atoms. The second-order valence-electron chi connectivity index (χ2n) is 3.21. The summed E-state index contributed by atoms with van der Waals surface area (Å²) in [7, 11) is 1.95. The highest BCUT2D eigenvalue weighted by Crippen LogP contribution is 2.10. The van der Waals surface area contributed by atoms with E-state index in [1.165, 1.54) is 4.88 Å². The summed E-state index contributed by atoms with van der Waals surface area (Å²) in [6.45, 7) is 3.93. The molecule has 1 rings (SSSR count). The largest absolute Gasteiger partial charge is 0.355 e. The van der Waals surface area contributed by atoms with Crippen molar-refractivity contribution >= 4 is 17.2 Å². The third-order valence-electron chi connectivity index (χ3n) is 1.79. The van der Waals surface area contributed by atoms with Gasteiger partial charge in [0, 0.05) is 18.0 Å². The van der Waals surface area contributed by atoms with Crippen molar-refractivity contribution in [1.29, 1.82) is 0 Å². The average molecular weight is 212 g/mol. The lowest BCUT2D eigenvalue weighted by Gasteiger charge is -2.14. The van der Waals surface area contributed by atoms with Crippen LogP contribution in [0.4, 0.5) is 0 Å². The molecule has 3 nitrogen and oxygen atoms in total. The van der Waals surface area contributed by atoms with Gasteiger partial charge in [0.05, 0.1) is 6.54 Å². The minimum absolute atomic E-state index is 0.0894. The second kappa shape index (κ2) is 5.78. The summed E-state index contributed by atoms with van der Waals surface area (Å²) in [5.41, 5.74) is 0. The number of thiophene rings is 1. The Morgan fingerprint density at radius 1 is 1.64 bits per heavy atom. The molecule has 0 saturated carbocycles. The molecule has 1 N–H and O–H groups in total. The molecule has 0 aliphatic carbocycles. The van der Waals surface area contributed by atoms with Crippen LogP contribution in [0.25, 0.3) is 0 Å². The molecule has 0 unspecified atom stereocenters. The quantitative estimate of drug-likeness (QED) is 0.798. The topological polar surface area (TPSA) is 32.3 Å². The van der Waals surface area contributed by atoms with E-state index in [2.05, 4.69) is 16.8 Å². The Labute approximate surface area is 88.7 Å². The lowest BCUT2D eigenvalue weighted by Crippen LogP contribution is -2.34. The van der Waals surface area contributed by atoms with Crippen LogP contribution in [0.3, 0.4) is 0 Å². The monoisotopic (exact) mass is 212 g/mol. The summed E-state index contributed by atoms with van der Waals surface area (Å²) in [5.74, 6) is 0.0894. The van der Waals surface area contributed by atoms with E-state index in [9.17, 15) is 4.79 Å². The molecule has 1 aromatic rings. The Hall–Kier alpha value is -0.870. The lowest BCUT2D eigenvalue weighted by atomic mass is 10.4. The van der Waals surface area contributed by atoms with Crippen LogP contribution in [-0.4, -0.2) is 30.9 Å². The lowest BCUT2D eigenvalue weighted by molar-refractivity contribution is -0.121. The van der Waals surface area contributed by atoms with E-state index in [-0.39, 0.29) is 5.91 Å². The van der Waals surface area contributed by atoms with Crippen molar-refractivity contribution in [2.75, 3.05) is 20.1 Å². The van der Waals surface area contributed by atoms with Crippen LogP contribution in [0.1, 0.15) is 11.8 Å². The number of hydrogen-bond acceptors (Lipinski definition) is 3. The summed E-state index contributed by atoms with van der Waals surface area (Å²) < 4.78 is 0. The number of amides is 1. The van der Waals surface area contributed by atoms with Crippen molar-refractivity contribution in [2.24, 2.45) is 0 Å². The molecule has 0 fully saturated rings. The van der Waals surface area contributed by atoms with Crippen LogP contribution in [0.15, 0.2) is 17.5 Å². The zero-order valence-corrected chi connectivity index (χ0v) is 9.43. The van der Waals surface area contributed by atoms with E-state index in [0.29, 0.717) is 13.1 Å². The highest BCUT2D eigenvalue weighted by molar-refractivity contribution is 7.09. The van der Waals surface area contributed by atoms with Gasteiger partial charge >= 0.3 is 0 Å². The van der Waals surface area contributed by atoms with Gasteiger partial charge < -0.3 is 5.32 Å². The SMILES string of the molecule is CCNC(=O)CN(C)Cc1cccs1. The molecule has 0 aliphatic heterocycles. The number of rotatable bonds is 5. The number of nitrogens with one attached hydrogen (secondary N) is 1. The average Bonchev–Trinajstić information content (AvgIpc) is 2.56. The van der Waals surface area contributed by atoms with Crippen LogP contribution in [0, 0.1) is 0 Å². The van der Waals surface area contributed by atoms with Gasteiger partial charge in [0.25, 0.3) is 0 Å². The zero-order valence-electron chi connectivity index (χ0n) is 8.62.